The fourth-order valence-electron chi connectivity index (χ4n) is 4.06. The summed E-state index contributed by atoms with van der Waals surface area (Å²) in [6.45, 7) is 2.06. The monoisotopic (exact) mass is 392 g/mol. The molecule has 0 amide bonds. The molecular formula is C21H20N4O2S. The highest BCUT2D eigenvalue weighted by atomic mass is 32.2. The summed E-state index contributed by atoms with van der Waals surface area (Å²) in [6, 6.07) is 11.8. The number of rotatable bonds is 3. The molecule has 3 aromatic rings. The van der Waals surface area contributed by atoms with Crippen LogP contribution in [-0.2, 0) is 4.79 Å². The lowest BCUT2D eigenvalue weighted by Gasteiger charge is -2.34. The number of aryl methyl sites for hydroxylation is 1. The van der Waals surface area contributed by atoms with Crippen LogP contribution in [0.5, 0.6) is 0 Å². The number of fused-ring (bicyclic) bond motifs is 1. The predicted molar refractivity (Wildman–Crippen MR) is 107 cm³/mol. The van der Waals surface area contributed by atoms with Crippen molar-refractivity contribution in [3.8, 4) is 0 Å². The maximum absolute atomic E-state index is 13.3. The number of Topliss-reactive ketones (excluding diaryl/α,β-unsaturated/α-hetero) is 1. The first-order chi connectivity index (χ1) is 13.6. The zero-order valence-electron chi connectivity index (χ0n) is 15.7. The third-order valence-electron chi connectivity index (χ3n) is 5.42. The first kappa shape index (κ1) is 17.3. The summed E-state index contributed by atoms with van der Waals surface area (Å²) in [4.78, 5) is 17.9. The third-order valence-corrected chi connectivity index (χ3v) is 5.96. The molecule has 0 saturated carbocycles. The van der Waals surface area contributed by atoms with Crippen molar-refractivity contribution < 1.29 is 9.21 Å². The van der Waals surface area contributed by atoms with E-state index in [0.29, 0.717) is 17.5 Å². The van der Waals surface area contributed by atoms with Crippen LogP contribution in [0.4, 0.5) is 5.95 Å². The van der Waals surface area contributed by atoms with Gasteiger partial charge in [0.05, 0.1) is 6.26 Å². The van der Waals surface area contributed by atoms with E-state index in [9.17, 15) is 4.79 Å². The SMILES string of the molecule is CSc1nc2n(n1)[C@@H](c1ccc(C)cc1)C1=C(C[C@H](c3ccco3)CC1=O)N2. The van der Waals surface area contributed by atoms with E-state index in [1.165, 1.54) is 17.3 Å². The number of nitrogens with one attached hydrogen (secondary N) is 1. The first-order valence-corrected chi connectivity index (χ1v) is 10.5. The Balaban J connectivity index is 1.63. The van der Waals surface area contributed by atoms with Gasteiger partial charge < -0.3 is 9.73 Å². The molecule has 7 heteroatoms. The van der Waals surface area contributed by atoms with E-state index in [4.69, 9.17) is 4.42 Å². The predicted octanol–water partition coefficient (Wildman–Crippen LogP) is 4.32. The van der Waals surface area contributed by atoms with Crippen LogP contribution in [0.1, 0.15) is 41.7 Å². The zero-order valence-corrected chi connectivity index (χ0v) is 16.5. The molecule has 1 aromatic carbocycles. The molecule has 6 nitrogen and oxygen atoms in total. The van der Waals surface area contributed by atoms with Gasteiger partial charge in [-0.2, -0.15) is 4.98 Å². The highest BCUT2D eigenvalue weighted by Gasteiger charge is 2.40. The van der Waals surface area contributed by atoms with E-state index < -0.39 is 0 Å². The number of hydrogen-bond donors (Lipinski definition) is 1. The fourth-order valence-corrected chi connectivity index (χ4v) is 4.41. The maximum atomic E-state index is 13.3. The van der Waals surface area contributed by atoms with Crippen LogP contribution in [-0.4, -0.2) is 26.8 Å². The largest absolute Gasteiger partial charge is 0.469 e. The molecule has 2 aliphatic rings. The standard InChI is InChI=1S/C21H20N4O2S/c1-12-5-7-13(8-6-12)19-18-15(22-20-23-21(28-2)24-25(19)20)10-14(11-16(18)26)17-4-3-9-27-17/h3-9,14,19H,10-11H2,1-2H3,(H,22,23,24)/t14-,19-/m0/s1. The molecule has 0 fully saturated rings. The highest BCUT2D eigenvalue weighted by Crippen LogP contribution is 2.44. The molecule has 0 spiro atoms. The Kier molecular flexibility index (Phi) is 4.12. The lowest BCUT2D eigenvalue weighted by molar-refractivity contribution is -0.117. The Morgan fingerprint density at radius 1 is 1.21 bits per heavy atom. The number of benzene rings is 1. The number of ketones is 1. The van der Waals surface area contributed by atoms with E-state index >= 15 is 0 Å². The lowest BCUT2D eigenvalue weighted by Crippen LogP contribution is -2.33. The number of furan rings is 1. The Morgan fingerprint density at radius 2 is 2.04 bits per heavy atom. The van der Waals surface area contributed by atoms with Gasteiger partial charge in [-0.3, -0.25) is 4.79 Å². The van der Waals surface area contributed by atoms with Crippen LogP contribution in [0, 0.1) is 6.92 Å². The molecule has 0 radical (unpaired) electrons. The van der Waals surface area contributed by atoms with E-state index in [2.05, 4.69) is 46.6 Å². The second-order valence-electron chi connectivity index (χ2n) is 7.24. The number of carbonyl (C=O) groups excluding carboxylic acids is 1. The van der Waals surface area contributed by atoms with E-state index in [0.717, 1.165) is 29.0 Å². The second-order valence-corrected chi connectivity index (χ2v) is 8.01. The van der Waals surface area contributed by atoms with Gasteiger partial charge in [0.1, 0.15) is 11.8 Å². The van der Waals surface area contributed by atoms with Crippen molar-refractivity contribution in [1.82, 2.24) is 14.8 Å². The van der Waals surface area contributed by atoms with Crippen LogP contribution < -0.4 is 5.32 Å². The molecule has 1 aliphatic heterocycles. The number of allylic oxidation sites excluding steroid dienone is 2. The minimum Gasteiger partial charge on any atom is -0.469 e. The van der Waals surface area contributed by atoms with Gasteiger partial charge in [-0.25, -0.2) is 4.68 Å². The van der Waals surface area contributed by atoms with Crippen molar-refractivity contribution in [2.24, 2.45) is 0 Å². The smallest absolute Gasteiger partial charge is 0.227 e. The molecule has 142 valence electrons. The van der Waals surface area contributed by atoms with Gasteiger partial charge in [0.25, 0.3) is 0 Å². The molecular weight excluding hydrogens is 372 g/mol. The Hall–Kier alpha value is -2.80. The van der Waals surface area contributed by atoms with Gasteiger partial charge in [0, 0.05) is 23.6 Å². The Bertz CT molecular complexity index is 1070. The first-order valence-electron chi connectivity index (χ1n) is 9.28. The van der Waals surface area contributed by atoms with Gasteiger partial charge in [-0.15, -0.1) is 5.10 Å². The summed E-state index contributed by atoms with van der Waals surface area (Å²) >= 11 is 1.49. The zero-order chi connectivity index (χ0) is 19.3. The van der Waals surface area contributed by atoms with E-state index in [-0.39, 0.29) is 17.7 Å². The summed E-state index contributed by atoms with van der Waals surface area (Å²) in [5.41, 5.74) is 3.94. The lowest BCUT2D eigenvalue weighted by atomic mass is 9.79. The molecule has 2 aromatic heterocycles. The van der Waals surface area contributed by atoms with Gasteiger partial charge in [0.2, 0.25) is 11.1 Å². The van der Waals surface area contributed by atoms with Gasteiger partial charge >= 0.3 is 0 Å². The van der Waals surface area contributed by atoms with Crippen LogP contribution in [0.25, 0.3) is 0 Å². The fraction of sp³-hybridized carbons (Fsp3) is 0.286. The average Bonchev–Trinajstić information content (AvgIpc) is 3.36. The number of nitrogens with zero attached hydrogens (tertiary/aromatic N) is 3. The number of thioether (sulfide) groups is 1. The summed E-state index contributed by atoms with van der Waals surface area (Å²) in [5.74, 6) is 1.71. The van der Waals surface area contributed by atoms with Crippen LogP contribution in [0.2, 0.25) is 0 Å². The minimum atomic E-state index is -0.259. The van der Waals surface area contributed by atoms with Crippen molar-refractivity contribution >= 4 is 23.5 Å². The average molecular weight is 392 g/mol. The third kappa shape index (κ3) is 2.77. The quantitative estimate of drug-likeness (QED) is 0.670. The molecule has 1 aliphatic carbocycles. The molecule has 28 heavy (non-hydrogen) atoms. The second kappa shape index (κ2) is 6.67. The number of aromatic nitrogens is 3. The molecule has 0 unspecified atom stereocenters. The van der Waals surface area contributed by atoms with Crippen molar-refractivity contribution in [2.45, 2.75) is 36.9 Å². The summed E-state index contributed by atoms with van der Waals surface area (Å²) in [6.07, 6.45) is 4.77. The molecule has 5 rings (SSSR count). The molecule has 2 atom stereocenters. The summed E-state index contributed by atoms with van der Waals surface area (Å²) in [5, 5.41) is 8.71. The summed E-state index contributed by atoms with van der Waals surface area (Å²) < 4.78 is 7.43. The minimum absolute atomic E-state index is 0.0434. The molecule has 1 N–H and O–H groups in total. The van der Waals surface area contributed by atoms with E-state index in [1.807, 2.05) is 23.1 Å². The van der Waals surface area contributed by atoms with Gasteiger partial charge in [-0.1, -0.05) is 41.6 Å². The van der Waals surface area contributed by atoms with Crippen LogP contribution in [0.15, 0.2) is 63.5 Å². The molecule has 0 saturated heterocycles. The molecule has 3 heterocycles. The van der Waals surface area contributed by atoms with Crippen LogP contribution >= 0.6 is 11.8 Å². The number of hydrogen-bond acceptors (Lipinski definition) is 6. The van der Waals surface area contributed by atoms with Crippen molar-refractivity contribution in [3.63, 3.8) is 0 Å². The van der Waals surface area contributed by atoms with Crippen molar-refractivity contribution in [3.05, 3.63) is 70.8 Å². The van der Waals surface area contributed by atoms with Crippen molar-refractivity contribution in [1.29, 1.82) is 0 Å². The topological polar surface area (TPSA) is 73.0 Å². The number of carbonyl (C=O) groups is 1. The Labute approximate surface area is 167 Å². The Morgan fingerprint density at radius 3 is 2.75 bits per heavy atom. The van der Waals surface area contributed by atoms with Crippen molar-refractivity contribution in [2.75, 3.05) is 11.6 Å². The van der Waals surface area contributed by atoms with Gasteiger partial charge in [-0.05, 0) is 37.3 Å². The van der Waals surface area contributed by atoms with Gasteiger partial charge in [0.15, 0.2) is 5.78 Å². The molecule has 0 bridgehead atoms. The van der Waals surface area contributed by atoms with Crippen LogP contribution in [0.3, 0.4) is 0 Å². The summed E-state index contributed by atoms with van der Waals surface area (Å²) in [7, 11) is 0. The highest BCUT2D eigenvalue weighted by molar-refractivity contribution is 7.98. The normalized spacial score (nSPS) is 21.3. The number of anilines is 1. The van der Waals surface area contributed by atoms with E-state index in [1.54, 1.807) is 6.26 Å². The maximum Gasteiger partial charge on any atom is 0.227 e.